The van der Waals surface area contributed by atoms with E-state index in [2.05, 4.69) is 17.0 Å². The maximum atomic E-state index is 11.8. The van der Waals surface area contributed by atoms with Crippen LogP contribution in [0.1, 0.15) is 18.1 Å². The highest BCUT2D eigenvalue weighted by Crippen LogP contribution is 2.20. The predicted molar refractivity (Wildman–Crippen MR) is 85.8 cm³/mol. The summed E-state index contributed by atoms with van der Waals surface area (Å²) in [5, 5.41) is 0. The van der Waals surface area contributed by atoms with Gasteiger partial charge in [-0.1, -0.05) is 42.5 Å². The van der Waals surface area contributed by atoms with Gasteiger partial charge in [0.2, 0.25) is 0 Å². The number of allylic oxidation sites excluding steroid dienone is 1. The molecule has 20 heavy (non-hydrogen) atoms. The number of rotatable bonds is 4. The van der Waals surface area contributed by atoms with Crippen molar-refractivity contribution in [3.8, 4) is 0 Å². The number of benzene rings is 2. The third-order valence-corrected chi connectivity index (χ3v) is 3.18. The van der Waals surface area contributed by atoms with Gasteiger partial charge in [-0.05, 0) is 36.3 Å². The third-order valence-electron chi connectivity index (χ3n) is 3.18. The van der Waals surface area contributed by atoms with Crippen molar-refractivity contribution in [1.29, 1.82) is 0 Å². The molecule has 102 valence electrons. The zero-order valence-corrected chi connectivity index (χ0v) is 12.1. The molecule has 0 N–H and O–H groups in total. The molecule has 0 spiro atoms. The monoisotopic (exact) mass is 265 g/mol. The van der Waals surface area contributed by atoms with Crippen molar-refractivity contribution in [3.63, 3.8) is 0 Å². The van der Waals surface area contributed by atoms with Crippen molar-refractivity contribution >= 4 is 23.1 Å². The molecule has 0 saturated heterocycles. The quantitative estimate of drug-likeness (QED) is 0.617. The van der Waals surface area contributed by atoms with Crippen molar-refractivity contribution in [3.05, 3.63) is 65.7 Å². The average molecular weight is 265 g/mol. The minimum atomic E-state index is 0.0767. The zero-order valence-electron chi connectivity index (χ0n) is 12.1. The Morgan fingerprint density at radius 2 is 1.55 bits per heavy atom. The number of carbonyl (C=O) groups excluding carboxylic acids is 1. The van der Waals surface area contributed by atoms with Crippen LogP contribution in [0, 0.1) is 0 Å². The molecule has 0 radical (unpaired) electrons. The highest BCUT2D eigenvalue weighted by Gasteiger charge is 2.06. The minimum absolute atomic E-state index is 0.0767. The smallest absolute Gasteiger partial charge is 0.160 e. The predicted octanol–water partition coefficient (Wildman–Crippen LogP) is 3.88. The Hall–Kier alpha value is -2.35. The lowest BCUT2D eigenvalue weighted by atomic mass is 10.00. The van der Waals surface area contributed by atoms with Crippen LogP contribution in [0.2, 0.25) is 0 Å². The number of ketones is 1. The molecule has 0 aromatic heterocycles. The van der Waals surface area contributed by atoms with Gasteiger partial charge in [-0.2, -0.15) is 0 Å². The van der Waals surface area contributed by atoms with Crippen LogP contribution in [0.4, 0.5) is 5.69 Å². The van der Waals surface area contributed by atoms with Gasteiger partial charge in [0.1, 0.15) is 0 Å². The Kier molecular flexibility index (Phi) is 4.36. The summed E-state index contributed by atoms with van der Waals surface area (Å²) in [5.74, 6) is 0.0767. The molecule has 2 aromatic rings. The van der Waals surface area contributed by atoms with Gasteiger partial charge in [0, 0.05) is 25.4 Å². The second-order valence-electron chi connectivity index (χ2n) is 4.97. The first-order valence-corrected chi connectivity index (χ1v) is 6.63. The molecule has 2 aromatic carbocycles. The van der Waals surface area contributed by atoms with Gasteiger partial charge in [-0.3, -0.25) is 4.79 Å². The molecule has 0 aliphatic carbocycles. The van der Waals surface area contributed by atoms with E-state index in [4.69, 9.17) is 0 Å². The van der Waals surface area contributed by atoms with Crippen LogP contribution in [0.3, 0.4) is 0 Å². The summed E-state index contributed by atoms with van der Waals surface area (Å²) in [7, 11) is 4.02. The molecule has 0 fully saturated rings. The lowest BCUT2D eigenvalue weighted by Gasteiger charge is -2.12. The fraction of sp³-hybridized carbons (Fsp3) is 0.167. The minimum Gasteiger partial charge on any atom is -0.378 e. The summed E-state index contributed by atoms with van der Waals surface area (Å²) in [6.07, 6.45) is 1.94. The lowest BCUT2D eigenvalue weighted by molar-refractivity contribution is -0.111. The van der Waals surface area contributed by atoms with Gasteiger partial charge >= 0.3 is 0 Å². The van der Waals surface area contributed by atoms with Crippen molar-refractivity contribution in [2.75, 3.05) is 19.0 Å². The van der Waals surface area contributed by atoms with Crippen molar-refractivity contribution in [2.45, 2.75) is 6.92 Å². The van der Waals surface area contributed by atoms with Gasteiger partial charge in [-0.25, -0.2) is 0 Å². The van der Waals surface area contributed by atoms with Crippen LogP contribution in [0.25, 0.3) is 11.6 Å². The molecule has 0 unspecified atom stereocenters. The number of hydrogen-bond acceptors (Lipinski definition) is 2. The van der Waals surface area contributed by atoms with E-state index in [-0.39, 0.29) is 5.78 Å². The molecule has 0 aliphatic heterocycles. The van der Waals surface area contributed by atoms with Crippen LogP contribution >= 0.6 is 0 Å². The molecule has 0 saturated carbocycles. The number of Topliss-reactive ketones (excluding diaryl/α,β-unsaturated/α-hetero) is 1. The topological polar surface area (TPSA) is 20.3 Å². The van der Waals surface area contributed by atoms with Gasteiger partial charge in [0.15, 0.2) is 5.78 Å². The van der Waals surface area contributed by atoms with Gasteiger partial charge in [0.25, 0.3) is 0 Å². The first-order chi connectivity index (χ1) is 9.58. The highest BCUT2D eigenvalue weighted by molar-refractivity contribution is 6.24. The molecule has 0 bridgehead atoms. The Balaban J connectivity index is 2.37. The normalized spacial score (nSPS) is 11.2. The van der Waals surface area contributed by atoms with Crippen molar-refractivity contribution < 1.29 is 4.79 Å². The molecule has 2 nitrogen and oxygen atoms in total. The van der Waals surface area contributed by atoms with Gasteiger partial charge in [-0.15, -0.1) is 0 Å². The van der Waals surface area contributed by atoms with E-state index in [1.807, 2.05) is 62.6 Å². The summed E-state index contributed by atoms with van der Waals surface area (Å²) >= 11 is 0. The van der Waals surface area contributed by atoms with Crippen LogP contribution < -0.4 is 4.90 Å². The molecule has 0 aliphatic rings. The number of anilines is 1. The summed E-state index contributed by atoms with van der Waals surface area (Å²) in [6, 6.07) is 17.9. The second kappa shape index (κ2) is 6.20. The molecule has 0 atom stereocenters. The first-order valence-electron chi connectivity index (χ1n) is 6.63. The summed E-state index contributed by atoms with van der Waals surface area (Å²) in [6.45, 7) is 1.60. The first kappa shape index (κ1) is 14.1. The molecular formula is C18H19NO. The third kappa shape index (κ3) is 3.35. The Morgan fingerprint density at radius 1 is 0.950 bits per heavy atom. The van der Waals surface area contributed by atoms with E-state index in [0.717, 1.165) is 22.4 Å². The Bertz CT molecular complexity index is 610. The highest BCUT2D eigenvalue weighted by atomic mass is 16.1. The summed E-state index contributed by atoms with van der Waals surface area (Å²) in [5.41, 5.74) is 3.87. The van der Waals surface area contributed by atoms with Gasteiger partial charge < -0.3 is 4.90 Å². The molecule has 2 heteroatoms. The number of carbonyl (C=O) groups is 1. The van der Waals surface area contributed by atoms with Gasteiger partial charge in [0.05, 0.1) is 0 Å². The van der Waals surface area contributed by atoms with Crippen LogP contribution in [0.15, 0.2) is 54.6 Å². The Morgan fingerprint density at radius 3 is 2.05 bits per heavy atom. The van der Waals surface area contributed by atoms with E-state index in [1.165, 1.54) is 0 Å². The SMILES string of the molecule is CC(=O)/C(=C\c1ccc(N(C)C)cc1)c1ccccc1. The van der Waals surface area contributed by atoms with Crippen molar-refractivity contribution in [1.82, 2.24) is 0 Å². The largest absolute Gasteiger partial charge is 0.378 e. The molecule has 0 amide bonds. The standard InChI is InChI=1S/C18H19NO/c1-14(20)18(16-7-5-4-6-8-16)13-15-9-11-17(12-10-15)19(2)3/h4-13H,1-3H3/b18-13+. The number of nitrogens with zero attached hydrogens (tertiary/aromatic N) is 1. The maximum absolute atomic E-state index is 11.8. The summed E-state index contributed by atoms with van der Waals surface area (Å²) in [4.78, 5) is 13.9. The number of hydrogen-bond donors (Lipinski definition) is 0. The molecular weight excluding hydrogens is 246 g/mol. The van der Waals surface area contributed by atoms with E-state index in [0.29, 0.717) is 0 Å². The second-order valence-corrected chi connectivity index (χ2v) is 4.97. The van der Waals surface area contributed by atoms with E-state index in [1.54, 1.807) is 6.92 Å². The van der Waals surface area contributed by atoms with Crippen LogP contribution in [-0.4, -0.2) is 19.9 Å². The summed E-state index contributed by atoms with van der Waals surface area (Å²) < 4.78 is 0. The van der Waals surface area contributed by atoms with Crippen LogP contribution in [-0.2, 0) is 4.79 Å². The molecule has 2 rings (SSSR count). The fourth-order valence-electron chi connectivity index (χ4n) is 2.04. The lowest BCUT2D eigenvalue weighted by Crippen LogP contribution is -2.07. The van der Waals surface area contributed by atoms with E-state index >= 15 is 0 Å². The average Bonchev–Trinajstić information content (AvgIpc) is 2.46. The van der Waals surface area contributed by atoms with Crippen molar-refractivity contribution in [2.24, 2.45) is 0 Å². The van der Waals surface area contributed by atoms with E-state index < -0.39 is 0 Å². The molecule has 0 heterocycles. The zero-order chi connectivity index (χ0) is 14.5. The fourth-order valence-corrected chi connectivity index (χ4v) is 2.04. The van der Waals surface area contributed by atoms with E-state index in [9.17, 15) is 4.79 Å². The Labute approximate surface area is 120 Å². The van der Waals surface area contributed by atoms with Crippen LogP contribution in [0.5, 0.6) is 0 Å². The maximum Gasteiger partial charge on any atom is 0.160 e.